The van der Waals surface area contributed by atoms with Crippen LogP contribution in [0.15, 0.2) is 40.4 Å². The number of phenolic OH excluding ortho intramolecular Hbond substituents is 1. The molecule has 0 bridgehead atoms. The van der Waals surface area contributed by atoms with Crippen LogP contribution in [0.1, 0.15) is 18.1 Å². The summed E-state index contributed by atoms with van der Waals surface area (Å²) in [7, 11) is 0. The molecular weight excluding hydrogens is 477 g/mol. The van der Waals surface area contributed by atoms with Gasteiger partial charge in [0.25, 0.3) is 5.91 Å². The van der Waals surface area contributed by atoms with E-state index >= 15 is 0 Å². The molecule has 1 amide bonds. The highest BCUT2D eigenvalue weighted by molar-refractivity contribution is 9.10. The number of hydrogen-bond donors (Lipinski definition) is 2. The summed E-state index contributed by atoms with van der Waals surface area (Å²) in [6.45, 7) is 1.98. The number of amides is 1. The molecule has 152 valence electrons. The van der Waals surface area contributed by atoms with Gasteiger partial charge in [-0.1, -0.05) is 11.6 Å². The minimum absolute atomic E-state index is 0.116. The van der Waals surface area contributed by atoms with Crippen molar-refractivity contribution in [3.8, 4) is 17.6 Å². The fraction of sp³-hybridized carbons (Fsp3) is 0.158. The summed E-state index contributed by atoms with van der Waals surface area (Å²) < 4.78 is 44.1. The molecule has 0 fully saturated rings. The van der Waals surface area contributed by atoms with Crippen molar-refractivity contribution >= 4 is 45.2 Å². The van der Waals surface area contributed by atoms with Gasteiger partial charge in [-0.15, -0.1) is 0 Å². The molecule has 5 nitrogen and oxygen atoms in total. The molecule has 0 saturated heterocycles. The first-order valence-electron chi connectivity index (χ1n) is 8.02. The Morgan fingerprint density at radius 3 is 2.66 bits per heavy atom. The number of carbonyl (C=O) groups is 1. The molecule has 0 saturated carbocycles. The standard InChI is InChI=1S/C19H13BrClF3N2O3/c1-2-29-16-7-10(6-13(20)17(16)27)5-11(9-25)18(28)26-15-8-12(19(22,23)24)3-4-14(15)21/h3-8,27H,2H2,1H3,(H,26,28)/b11-5+. The van der Waals surface area contributed by atoms with E-state index in [0.717, 1.165) is 12.1 Å². The molecule has 10 heteroatoms. The number of nitrogens with one attached hydrogen (secondary N) is 1. The lowest BCUT2D eigenvalue weighted by atomic mass is 10.1. The lowest BCUT2D eigenvalue weighted by molar-refractivity contribution is -0.137. The van der Waals surface area contributed by atoms with E-state index in [0.29, 0.717) is 11.6 Å². The van der Waals surface area contributed by atoms with E-state index < -0.39 is 23.2 Å². The van der Waals surface area contributed by atoms with Gasteiger partial charge in [0.15, 0.2) is 11.5 Å². The molecular formula is C19H13BrClF3N2O3. The van der Waals surface area contributed by atoms with Gasteiger partial charge in [-0.3, -0.25) is 4.79 Å². The van der Waals surface area contributed by atoms with Crippen LogP contribution in [0.2, 0.25) is 5.02 Å². The topological polar surface area (TPSA) is 82.3 Å². The predicted octanol–water partition coefficient (Wildman–Crippen LogP) is 5.77. The summed E-state index contributed by atoms with van der Waals surface area (Å²) in [5.74, 6) is -0.967. The zero-order valence-corrected chi connectivity index (χ0v) is 17.1. The predicted molar refractivity (Wildman–Crippen MR) is 106 cm³/mol. The first kappa shape index (κ1) is 22.6. The lowest BCUT2D eigenvalue weighted by Gasteiger charge is -2.12. The van der Waals surface area contributed by atoms with Gasteiger partial charge in [0.05, 0.1) is 27.4 Å². The number of phenols is 1. The van der Waals surface area contributed by atoms with Crippen LogP contribution in [0.5, 0.6) is 11.5 Å². The van der Waals surface area contributed by atoms with Gasteiger partial charge in [0.1, 0.15) is 11.6 Å². The van der Waals surface area contributed by atoms with Gasteiger partial charge in [0, 0.05) is 0 Å². The fourth-order valence-corrected chi connectivity index (χ4v) is 2.87. The second-order valence-corrected chi connectivity index (χ2v) is 6.86. The van der Waals surface area contributed by atoms with E-state index in [1.54, 1.807) is 13.0 Å². The normalized spacial score (nSPS) is 11.7. The number of anilines is 1. The minimum atomic E-state index is -4.62. The average molecular weight is 490 g/mol. The molecule has 2 N–H and O–H groups in total. The van der Waals surface area contributed by atoms with Gasteiger partial charge in [-0.2, -0.15) is 18.4 Å². The van der Waals surface area contributed by atoms with Crippen molar-refractivity contribution in [1.29, 1.82) is 5.26 Å². The summed E-state index contributed by atoms with van der Waals surface area (Å²) in [6, 6.07) is 7.00. The summed E-state index contributed by atoms with van der Waals surface area (Å²) in [6.07, 6.45) is -3.42. The van der Waals surface area contributed by atoms with E-state index in [2.05, 4.69) is 21.2 Å². The number of hydrogen-bond acceptors (Lipinski definition) is 4. The maximum atomic E-state index is 12.9. The largest absolute Gasteiger partial charge is 0.503 e. The first-order chi connectivity index (χ1) is 13.6. The van der Waals surface area contributed by atoms with Crippen LogP contribution in [0, 0.1) is 11.3 Å². The number of nitriles is 1. The highest BCUT2D eigenvalue weighted by Gasteiger charge is 2.31. The Morgan fingerprint density at radius 1 is 1.38 bits per heavy atom. The number of rotatable bonds is 5. The number of ether oxygens (including phenoxy) is 1. The molecule has 2 aromatic rings. The number of alkyl halides is 3. The van der Waals surface area contributed by atoms with Gasteiger partial charge in [0.2, 0.25) is 0 Å². The van der Waals surface area contributed by atoms with Crippen LogP contribution in [-0.4, -0.2) is 17.6 Å². The monoisotopic (exact) mass is 488 g/mol. The van der Waals surface area contributed by atoms with E-state index in [9.17, 15) is 28.3 Å². The first-order valence-corrected chi connectivity index (χ1v) is 9.19. The maximum absolute atomic E-state index is 12.9. The van der Waals surface area contributed by atoms with E-state index in [4.69, 9.17) is 16.3 Å². The van der Waals surface area contributed by atoms with E-state index in [-0.39, 0.29) is 33.3 Å². The molecule has 29 heavy (non-hydrogen) atoms. The third kappa shape index (κ3) is 5.65. The van der Waals surface area contributed by atoms with Crippen molar-refractivity contribution in [2.75, 3.05) is 11.9 Å². The number of nitrogens with zero attached hydrogens (tertiary/aromatic N) is 1. The Hall–Kier alpha value is -2.70. The molecule has 0 aliphatic rings. The Bertz CT molecular complexity index is 1020. The Kier molecular flexibility index (Phi) is 7.16. The van der Waals surface area contributed by atoms with Crippen LogP contribution in [0.4, 0.5) is 18.9 Å². The molecule has 0 heterocycles. The molecule has 0 spiro atoms. The molecule has 0 aliphatic carbocycles. The molecule has 0 aliphatic heterocycles. The summed E-state index contributed by atoms with van der Waals surface area (Å²) >= 11 is 9.00. The maximum Gasteiger partial charge on any atom is 0.416 e. The van der Waals surface area contributed by atoms with E-state index in [1.165, 1.54) is 18.2 Å². The van der Waals surface area contributed by atoms with Crippen LogP contribution >= 0.6 is 27.5 Å². The second-order valence-electron chi connectivity index (χ2n) is 5.60. The molecule has 0 atom stereocenters. The highest BCUT2D eigenvalue weighted by Crippen LogP contribution is 2.36. The third-order valence-corrected chi connectivity index (χ3v) is 4.50. The van der Waals surface area contributed by atoms with Crippen molar-refractivity contribution in [1.82, 2.24) is 0 Å². The summed E-state index contributed by atoms with van der Waals surface area (Å²) in [5.41, 5.74) is -1.32. The lowest BCUT2D eigenvalue weighted by Crippen LogP contribution is -2.15. The number of benzene rings is 2. The smallest absolute Gasteiger partial charge is 0.416 e. The zero-order chi connectivity index (χ0) is 21.8. The Balaban J connectivity index is 2.36. The van der Waals surface area contributed by atoms with Crippen molar-refractivity contribution in [2.45, 2.75) is 13.1 Å². The average Bonchev–Trinajstić information content (AvgIpc) is 2.64. The molecule has 0 radical (unpaired) electrons. The molecule has 0 unspecified atom stereocenters. The van der Waals surface area contributed by atoms with Gasteiger partial charge >= 0.3 is 6.18 Å². The van der Waals surface area contributed by atoms with Crippen LogP contribution in [0.3, 0.4) is 0 Å². The molecule has 0 aromatic heterocycles. The van der Waals surface area contributed by atoms with Crippen molar-refractivity contribution < 1.29 is 27.8 Å². The number of aromatic hydroxyl groups is 1. The number of halogens is 5. The van der Waals surface area contributed by atoms with Crippen LogP contribution < -0.4 is 10.1 Å². The number of carbonyl (C=O) groups excluding carboxylic acids is 1. The Morgan fingerprint density at radius 2 is 2.07 bits per heavy atom. The van der Waals surface area contributed by atoms with Gasteiger partial charge in [-0.25, -0.2) is 0 Å². The third-order valence-electron chi connectivity index (χ3n) is 3.57. The van der Waals surface area contributed by atoms with Crippen molar-refractivity contribution in [3.63, 3.8) is 0 Å². The fourth-order valence-electron chi connectivity index (χ4n) is 2.24. The van der Waals surface area contributed by atoms with Crippen LogP contribution in [-0.2, 0) is 11.0 Å². The van der Waals surface area contributed by atoms with Crippen molar-refractivity contribution in [2.24, 2.45) is 0 Å². The SMILES string of the molecule is CCOc1cc(/C=C(\C#N)C(=O)Nc2cc(C(F)(F)F)ccc2Cl)cc(Br)c1O. The van der Waals surface area contributed by atoms with Crippen LogP contribution in [0.25, 0.3) is 6.08 Å². The zero-order valence-electron chi connectivity index (χ0n) is 14.8. The summed E-state index contributed by atoms with van der Waals surface area (Å²) in [4.78, 5) is 12.4. The molecule has 2 aromatic carbocycles. The van der Waals surface area contributed by atoms with E-state index in [1.807, 2.05) is 0 Å². The quantitative estimate of drug-likeness (QED) is 0.413. The second kappa shape index (κ2) is 9.20. The van der Waals surface area contributed by atoms with Crippen molar-refractivity contribution in [3.05, 3.63) is 56.5 Å². The summed E-state index contributed by atoms with van der Waals surface area (Å²) in [5, 5.41) is 21.3. The minimum Gasteiger partial charge on any atom is -0.503 e. The highest BCUT2D eigenvalue weighted by atomic mass is 79.9. The van der Waals surface area contributed by atoms with Gasteiger partial charge in [-0.05, 0) is 64.8 Å². The molecule has 2 rings (SSSR count). The Labute approximate surface area is 177 Å². The van der Waals surface area contributed by atoms with Gasteiger partial charge < -0.3 is 15.2 Å².